The van der Waals surface area contributed by atoms with Crippen LogP contribution < -0.4 is 0 Å². The average Bonchev–Trinajstić information content (AvgIpc) is 2.25. The van der Waals surface area contributed by atoms with Crippen molar-refractivity contribution in [3.63, 3.8) is 0 Å². The van der Waals surface area contributed by atoms with Gasteiger partial charge in [0, 0.05) is 6.61 Å². The van der Waals surface area contributed by atoms with Crippen molar-refractivity contribution in [1.29, 1.82) is 0 Å². The maximum Gasteiger partial charge on any atom is 0.336 e. The molecule has 0 saturated carbocycles. The van der Waals surface area contributed by atoms with E-state index in [1.165, 1.54) is 12.8 Å². The van der Waals surface area contributed by atoms with E-state index in [9.17, 15) is 0 Å². The first kappa shape index (κ1) is 21.7. The molecule has 21 heavy (non-hydrogen) atoms. The van der Waals surface area contributed by atoms with Gasteiger partial charge in [0.25, 0.3) is 0 Å². The van der Waals surface area contributed by atoms with E-state index < -0.39 is 15.8 Å². The summed E-state index contributed by atoms with van der Waals surface area (Å²) in [6.07, 6.45) is 4.66. The molecule has 2 atom stereocenters. The summed E-state index contributed by atoms with van der Waals surface area (Å²) in [5.74, 6) is 0.641. The highest BCUT2D eigenvalue weighted by molar-refractivity contribution is 8.28. The second kappa shape index (κ2) is 10.5. The van der Waals surface area contributed by atoms with Gasteiger partial charge in [0.1, 0.15) is 7.22 Å². The molecule has 0 fully saturated rings. The number of unbranched alkanes of at least 4 members (excludes halogenated alkanes) is 1. The van der Waals surface area contributed by atoms with Crippen LogP contribution in [0.1, 0.15) is 53.4 Å². The Bertz CT molecular complexity index is 269. The van der Waals surface area contributed by atoms with Crippen molar-refractivity contribution in [3.8, 4) is 0 Å². The minimum atomic E-state index is -2.05. The van der Waals surface area contributed by atoms with Crippen LogP contribution in [0.3, 0.4) is 0 Å². The minimum absolute atomic E-state index is 0.332. The highest BCUT2D eigenvalue weighted by Crippen LogP contribution is 2.33. The predicted octanol–water partition coefficient (Wildman–Crippen LogP) is 6.24. The number of rotatable bonds is 12. The third kappa shape index (κ3) is 11.9. The van der Waals surface area contributed by atoms with E-state index in [0.29, 0.717) is 11.4 Å². The van der Waals surface area contributed by atoms with Crippen molar-refractivity contribution in [3.05, 3.63) is 0 Å². The van der Waals surface area contributed by atoms with Gasteiger partial charge in [-0.25, -0.2) is 0 Å². The zero-order valence-electron chi connectivity index (χ0n) is 15.6. The Kier molecular flexibility index (Phi) is 10.8. The third-order valence-electron chi connectivity index (χ3n) is 3.07. The summed E-state index contributed by atoms with van der Waals surface area (Å²) >= 11 is 2.09. The predicted molar refractivity (Wildman–Crippen MR) is 103 cm³/mol. The Morgan fingerprint density at radius 3 is 2.05 bits per heavy atom. The Morgan fingerprint density at radius 2 is 1.62 bits per heavy atom. The molecule has 0 aromatic rings. The highest BCUT2D eigenvalue weighted by Gasteiger charge is 2.36. The first-order valence-electron chi connectivity index (χ1n) is 8.61. The molecule has 0 saturated heterocycles. The van der Waals surface area contributed by atoms with Crippen molar-refractivity contribution in [1.82, 2.24) is 0 Å². The zero-order chi connectivity index (χ0) is 16.5. The molecule has 0 radical (unpaired) electrons. The van der Waals surface area contributed by atoms with Gasteiger partial charge in [-0.2, -0.15) is 11.2 Å². The van der Waals surface area contributed by atoms with Crippen LogP contribution in [-0.4, -0.2) is 27.8 Å². The quantitative estimate of drug-likeness (QED) is 0.236. The Hall–Kier alpha value is 0.704. The van der Waals surface area contributed by atoms with Gasteiger partial charge < -0.3 is 8.85 Å². The lowest BCUT2D eigenvalue weighted by molar-refractivity contribution is 0.151. The van der Waals surface area contributed by atoms with Gasteiger partial charge in [0.2, 0.25) is 0 Å². The van der Waals surface area contributed by atoms with E-state index in [1.54, 1.807) is 0 Å². The van der Waals surface area contributed by atoms with E-state index in [4.69, 9.17) is 8.85 Å². The van der Waals surface area contributed by atoms with Crippen molar-refractivity contribution in [2.24, 2.45) is 5.92 Å². The van der Waals surface area contributed by atoms with Gasteiger partial charge in [0.15, 0.2) is 0 Å². The Morgan fingerprint density at radius 1 is 1.00 bits per heavy atom. The van der Waals surface area contributed by atoms with Crippen LogP contribution in [-0.2, 0) is 8.85 Å². The van der Waals surface area contributed by atoms with E-state index >= 15 is 0 Å². The Balaban J connectivity index is 4.77. The van der Waals surface area contributed by atoms with Gasteiger partial charge in [-0.15, -0.1) is 0 Å². The van der Waals surface area contributed by atoms with Crippen LogP contribution in [0.5, 0.6) is 0 Å². The summed E-state index contributed by atoms with van der Waals surface area (Å²) < 4.78 is 12.9. The molecule has 2 unspecified atom stereocenters. The van der Waals surface area contributed by atoms with E-state index in [0.717, 1.165) is 25.5 Å². The van der Waals surface area contributed by atoms with Gasteiger partial charge in [-0.3, -0.25) is 0 Å². The number of hydrogen-bond donors (Lipinski definition) is 0. The van der Waals surface area contributed by atoms with E-state index in [-0.39, 0.29) is 0 Å². The van der Waals surface area contributed by atoms with Gasteiger partial charge in [0.05, 0.1) is 5.44 Å². The molecule has 0 aromatic carbocycles. The lowest BCUT2D eigenvalue weighted by Crippen LogP contribution is -2.43. The Labute approximate surface area is 139 Å². The van der Waals surface area contributed by atoms with Crippen molar-refractivity contribution < 1.29 is 8.85 Å². The maximum atomic E-state index is 6.63. The SMILES string of the molecule is CCCCO[Si](C)(CC(C)C)OC(CCC)S[Si](C)(C)C. The minimum Gasteiger partial charge on any atom is -0.394 e. The van der Waals surface area contributed by atoms with Crippen molar-refractivity contribution in [2.45, 2.75) is 91.0 Å². The molecule has 0 aromatic heterocycles. The summed E-state index contributed by atoms with van der Waals surface area (Å²) in [4.78, 5) is 0. The summed E-state index contributed by atoms with van der Waals surface area (Å²) in [7, 11) is -3.23. The average molecular weight is 351 g/mol. The molecule has 0 amide bonds. The summed E-state index contributed by atoms with van der Waals surface area (Å²) in [6.45, 7) is 19.4. The largest absolute Gasteiger partial charge is 0.394 e. The lowest BCUT2D eigenvalue weighted by Gasteiger charge is -2.35. The summed E-state index contributed by atoms with van der Waals surface area (Å²) in [5.41, 5.74) is 0.332. The molecule has 0 N–H and O–H groups in total. The molecule has 128 valence electrons. The second-order valence-electron chi connectivity index (χ2n) is 7.50. The molecular formula is C16H38O2SSi2. The zero-order valence-corrected chi connectivity index (χ0v) is 18.4. The standard InChI is InChI=1S/C16H38O2SSi2/c1-9-11-13-17-21(8,14-15(3)4)18-16(12-10-2)19-20(5,6)7/h15-16H,9-14H2,1-8H3. The van der Waals surface area contributed by atoms with Crippen LogP contribution in [0.25, 0.3) is 0 Å². The fourth-order valence-electron chi connectivity index (χ4n) is 2.37. The van der Waals surface area contributed by atoms with Crippen LogP contribution in [0, 0.1) is 5.92 Å². The molecular weight excluding hydrogens is 312 g/mol. The first-order valence-corrected chi connectivity index (χ1v) is 16.2. The lowest BCUT2D eigenvalue weighted by atomic mass is 10.3. The van der Waals surface area contributed by atoms with Gasteiger partial charge in [-0.05, 0) is 31.4 Å². The van der Waals surface area contributed by atoms with Crippen LogP contribution in [0.4, 0.5) is 0 Å². The molecule has 0 spiro atoms. The first-order chi connectivity index (χ1) is 9.62. The van der Waals surface area contributed by atoms with Crippen LogP contribution in [0.2, 0.25) is 32.2 Å². The fraction of sp³-hybridized carbons (Fsp3) is 1.00. The molecule has 0 aliphatic carbocycles. The monoisotopic (exact) mass is 350 g/mol. The molecule has 0 aliphatic heterocycles. The van der Waals surface area contributed by atoms with Crippen molar-refractivity contribution in [2.75, 3.05) is 6.61 Å². The van der Waals surface area contributed by atoms with Crippen LogP contribution in [0.15, 0.2) is 0 Å². The molecule has 0 rings (SSSR count). The molecule has 0 bridgehead atoms. The van der Waals surface area contributed by atoms with E-state index in [2.05, 4.69) is 65.1 Å². The van der Waals surface area contributed by atoms with Gasteiger partial charge in [-0.1, -0.05) is 60.2 Å². The van der Waals surface area contributed by atoms with Crippen LogP contribution >= 0.6 is 11.2 Å². The molecule has 0 heterocycles. The smallest absolute Gasteiger partial charge is 0.336 e. The fourth-order valence-corrected chi connectivity index (χ4v) is 10.5. The van der Waals surface area contributed by atoms with Gasteiger partial charge >= 0.3 is 8.56 Å². The second-order valence-corrected chi connectivity index (χ2v) is 20.1. The third-order valence-corrected chi connectivity index (χ3v) is 10.6. The number of hydrogen-bond acceptors (Lipinski definition) is 3. The molecule has 5 heteroatoms. The normalized spacial score (nSPS) is 17.0. The van der Waals surface area contributed by atoms with E-state index in [1.807, 2.05) is 0 Å². The maximum absolute atomic E-state index is 6.63. The summed E-state index contributed by atoms with van der Waals surface area (Å²) in [5, 5.41) is 0. The topological polar surface area (TPSA) is 18.5 Å². The molecule has 2 nitrogen and oxygen atoms in total. The summed E-state index contributed by atoms with van der Waals surface area (Å²) in [6, 6.07) is 1.10. The van der Waals surface area contributed by atoms with Crippen molar-refractivity contribution >= 4 is 27.0 Å². The molecule has 0 aliphatic rings. The highest BCUT2D eigenvalue weighted by atomic mass is 32.4.